The van der Waals surface area contributed by atoms with Crippen LogP contribution < -0.4 is 5.73 Å². The van der Waals surface area contributed by atoms with Crippen molar-refractivity contribution in [3.8, 4) is 0 Å². The van der Waals surface area contributed by atoms with Crippen molar-refractivity contribution in [2.75, 3.05) is 39.8 Å². The number of carbonyl (C=O) groups excluding carboxylic acids is 1. The van der Waals surface area contributed by atoms with Crippen LogP contribution in [-0.2, 0) is 4.79 Å². The zero-order valence-electron chi connectivity index (χ0n) is 10.9. The van der Waals surface area contributed by atoms with E-state index in [9.17, 15) is 4.79 Å². The van der Waals surface area contributed by atoms with Crippen LogP contribution in [0.4, 0.5) is 0 Å². The van der Waals surface area contributed by atoms with Crippen molar-refractivity contribution >= 4 is 5.91 Å². The lowest BCUT2D eigenvalue weighted by molar-refractivity contribution is -0.139. The van der Waals surface area contributed by atoms with Crippen LogP contribution in [0.3, 0.4) is 0 Å². The van der Waals surface area contributed by atoms with Gasteiger partial charge in [0.05, 0.1) is 5.92 Å². The number of hydrogen-bond donors (Lipinski definition) is 1. The number of carbonyl (C=O) groups is 1. The fourth-order valence-electron chi connectivity index (χ4n) is 3.08. The topological polar surface area (TPSA) is 49.6 Å². The Kier molecular flexibility index (Phi) is 4.40. The number of amides is 1. The molecule has 17 heavy (non-hydrogen) atoms. The molecule has 2 atom stereocenters. The van der Waals surface area contributed by atoms with Gasteiger partial charge in [-0.3, -0.25) is 4.79 Å². The van der Waals surface area contributed by atoms with Crippen molar-refractivity contribution < 1.29 is 4.79 Å². The van der Waals surface area contributed by atoms with Crippen LogP contribution in [0.15, 0.2) is 0 Å². The molecule has 2 N–H and O–H groups in total. The Hall–Kier alpha value is -0.610. The largest absolute Gasteiger partial charge is 0.342 e. The number of piperidine rings is 2. The van der Waals surface area contributed by atoms with Gasteiger partial charge in [-0.05, 0) is 51.7 Å². The highest BCUT2D eigenvalue weighted by Crippen LogP contribution is 2.22. The summed E-state index contributed by atoms with van der Waals surface area (Å²) in [5.74, 6) is 1.12. The van der Waals surface area contributed by atoms with Gasteiger partial charge in [0, 0.05) is 19.6 Å². The highest BCUT2D eigenvalue weighted by molar-refractivity contribution is 5.79. The Morgan fingerprint density at radius 2 is 2.00 bits per heavy atom. The molecule has 0 aliphatic carbocycles. The van der Waals surface area contributed by atoms with Crippen LogP contribution >= 0.6 is 0 Å². The molecule has 2 fully saturated rings. The van der Waals surface area contributed by atoms with E-state index in [1.165, 1.54) is 6.42 Å². The lowest BCUT2D eigenvalue weighted by atomic mass is 9.93. The zero-order valence-corrected chi connectivity index (χ0v) is 10.9. The summed E-state index contributed by atoms with van der Waals surface area (Å²) in [5, 5.41) is 0. The Bertz CT molecular complexity index is 269. The third kappa shape index (κ3) is 3.19. The van der Waals surface area contributed by atoms with E-state index in [1.54, 1.807) is 0 Å². The first-order valence-corrected chi connectivity index (χ1v) is 6.88. The Morgan fingerprint density at radius 1 is 1.24 bits per heavy atom. The van der Waals surface area contributed by atoms with Gasteiger partial charge in [0.15, 0.2) is 0 Å². The Morgan fingerprint density at radius 3 is 2.71 bits per heavy atom. The maximum atomic E-state index is 12.4. The van der Waals surface area contributed by atoms with E-state index in [0.29, 0.717) is 18.4 Å². The van der Waals surface area contributed by atoms with Gasteiger partial charge >= 0.3 is 0 Å². The van der Waals surface area contributed by atoms with Gasteiger partial charge in [-0.1, -0.05) is 0 Å². The lowest BCUT2D eigenvalue weighted by Gasteiger charge is -2.37. The smallest absolute Gasteiger partial charge is 0.226 e. The van der Waals surface area contributed by atoms with E-state index in [-0.39, 0.29) is 5.92 Å². The molecule has 98 valence electrons. The van der Waals surface area contributed by atoms with E-state index >= 15 is 0 Å². The van der Waals surface area contributed by atoms with Crippen LogP contribution in [-0.4, -0.2) is 55.5 Å². The summed E-state index contributed by atoms with van der Waals surface area (Å²) in [6.45, 7) is 4.61. The second-order valence-corrected chi connectivity index (χ2v) is 5.63. The van der Waals surface area contributed by atoms with E-state index in [2.05, 4.69) is 16.8 Å². The summed E-state index contributed by atoms with van der Waals surface area (Å²) in [6.07, 6.45) is 4.52. The van der Waals surface area contributed by atoms with Gasteiger partial charge in [0.2, 0.25) is 5.91 Å². The molecule has 0 unspecified atom stereocenters. The highest BCUT2D eigenvalue weighted by atomic mass is 16.2. The van der Waals surface area contributed by atoms with Crippen LogP contribution in [0.25, 0.3) is 0 Å². The van der Waals surface area contributed by atoms with Crippen molar-refractivity contribution in [1.82, 2.24) is 9.80 Å². The van der Waals surface area contributed by atoms with Crippen LogP contribution in [0, 0.1) is 11.8 Å². The summed E-state index contributed by atoms with van der Waals surface area (Å²) in [4.78, 5) is 16.8. The Balaban J connectivity index is 1.89. The fraction of sp³-hybridized carbons (Fsp3) is 0.923. The number of hydrogen-bond acceptors (Lipinski definition) is 3. The average Bonchev–Trinajstić information content (AvgIpc) is 2.38. The van der Waals surface area contributed by atoms with Crippen molar-refractivity contribution in [3.63, 3.8) is 0 Å². The van der Waals surface area contributed by atoms with Crippen molar-refractivity contribution in [2.45, 2.75) is 25.7 Å². The van der Waals surface area contributed by atoms with Crippen LogP contribution in [0.2, 0.25) is 0 Å². The molecule has 2 saturated heterocycles. The van der Waals surface area contributed by atoms with E-state index < -0.39 is 0 Å². The van der Waals surface area contributed by atoms with Gasteiger partial charge in [0.25, 0.3) is 0 Å². The van der Waals surface area contributed by atoms with Gasteiger partial charge in [-0.25, -0.2) is 0 Å². The molecule has 0 spiro atoms. The molecule has 4 nitrogen and oxygen atoms in total. The number of nitrogens with zero attached hydrogens (tertiary/aromatic N) is 2. The van der Waals surface area contributed by atoms with Gasteiger partial charge in [-0.2, -0.15) is 0 Å². The minimum atomic E-state index is 0.227. The van der Waals surface area contributed by atoms with Crippen molar-refractivity contribution in [1.29, 1.82) is 0 Å². The maximum Gasteiger partial charge on any atom is 0.226 e. The predicted octanol–water partition coefficient (Wildman–Crippen LogP) is 0.526. The third-order valence-electron chi connectivity index (χ3n) is 4.14. The van der Waals surface area contributed by atoms with Crippen molar-refractivity contribution in [3.05, 3.63) is 0 Å². The third-order valence-corrected chi connectivity index (χ3v) is 4.14. The Labute approximate surface area is 104 Å². The minimum absolute atomic E-state index is 0.227. The number of nitrogens with two attached hydrogens (primary N) is 1. The van der Waals surface area contributed by atoms with Gasteiger partial charge in [-0.15, -0.1) is 0 Å². The first-order chi connectivity index (χ1) is 8.20. The van der Waals surface area contributed by atoms with E-state index in [1.807, 2.05) is 0 Å². The standard InChI is InChI=1S/C13H25N3O/c1-15-6-3-5-12(10-15)13(17)16-7-2-4-11(8-14)9-16/h11-12H,2-10,14H2,1H3/t11-,12-/m1/s1. The van der Waals surface area contributed by atoms with Gasteiger partial charge in [0.1, 0.15) is 0 Å². The molecule has 2 aliphatic rings. The van der Waals surface area contributed by atoms with Crippen molar-refractivity contribution in [2.24, 2.45) is 17.6 Å². The molecule has 2 heterocycles. The highest BCUT2D eigenvalue weighted by Gasteiger charge is 2.30. The van der Waals surface area contributed by atoms with E-state index in [4.69, 9.17) is 5.73 Å². The number of likely N-dealkylation sites (tertiary alicyclic amines) is 2. The van der Waals surface area contributed by atoms with Crippen LogP contribution in [0.5, 0.6) is 0 Å². The summed E-state index contributed by atoms with van der Waals surface area (Å²) in [6, 6.07) is 0. The molecule has 0 aromatic rings. The summed E-state index contributed by atoms with van der Waals surface area (Å²) in [5.41, 5.74) is 5.72. The molecule has 4 heteroatoms. The molecule has 2 aliphatic heterocycles. The minimum Gasteiger partial charge on any atom is -0.342 e. The first kappa shape index (κ1) is 12.8. The summed E-state index contributed by atoms with van der Waals surface area (Å²) >= 11 is 0. The SMILES string of the molecule is CN1CCC[C@@H](C(=O)N2CCC[C@H](CN)C2)C1. The molecular weight excluding hydrogens is 214 g/mol. The zero-order chi connectivity index (χ0) is 12.3. The lowest BCUT2D eigenvalue weighted by Crippen LogP contribution is -2.48. The van der Waals surface area contributed by atoms with Gasteiger partial charge < -0.3 is 15.5 Å². The van der Waals surface area contributed by atoms with Crippen LogP contribution in [0.1, 0.15) is 25.7 Å². The molecule has 0 radical (unpaired) electrons. The molecule has 0 aromatic carbocycles. The van der Waals surface area contributed by atoms with E-state index in [0.717, 1.165) is 45.4 Å². The molecule has 1 amide bonds. The quantitative estimate of drug-likeness (QED) is 0.764. The molecule has 2 rings (SSSR count). The first-order valence-electron chi connectivity index (χ1n) is 6.88. The average molecular weight is 239 g/mol. The molecule has 0 saturated carbocycles. The monoisotopic (exact) mass is 239 g/mol. The second kappa shape index (κ2) is 5.83. The second-order valence-electron chi connectivity index (χ2n) is 5.63. The number of rotatable bonds is 2. The normalized spacial score (nSPS) is 31.5. The molecule has 0 aromatic heterocycles. The summed E-state index contributed by atoms with van der Waals surface area (Å²) < 4.78 is 0. The predicted molar refractivity (Wildman–Crippen MR) is 68.6 cm³/mol. The fourth-order valence-corrected chi connectivity index (χ4v) is 3.08. The molecule has 0 bridgehead atoms. The summed E-state index contributed by atoms with van der Waals surface area (Å²) in [7, 11) is 2.11. The maximum absolute atomic E-state index is 12.4. The molecular formula is C13H25N3O.